The summed E-state index contributed by atoms with van der Waals surface area (Å²) in [5.74, 6) is 0.596. The number of rotatable bonds is 0. The van der Waals surface area contributed by atoms with E-state index in [0.717, 1.165) is 6.42 Å². The van der Waals surface area contributed by atoms with E-state index in [-0.39, 0.29) is 0 Å². The van der Waals surface area contributed by atoms with Gasteiger partial charge in [0.25, 0.3) is 0 Å². The molecule has 1 aliphatic carbocycles. The van der Waals surface area contributed by atoms with Crippen LogP contribution in [0.15, 0.2) is 36.6 Å². The van der Waals surface area contributed by atoms with Gasteiger partial charge in [-0.25, -0.2) is 0 Å². The third kappa shape index (κ3) is 0.878. The van der Waals surface area contributed by atoms with Crippen LogP contribution in [0.4, 0.5) is 0 Å². The van der Waals surface area contributed by atoms with E-state index in [1.807, 2.05) is 6.20 Å². The molecule has 1 heteroatoms. The summed E-state index contributed by atoms with van der Waals surface area (Å²) in [6.07, 6.45) is 14.3. The van der Waals surface area contributed by atoms with Crippen molar-refractivity contribution in [1.29, 1.82) is 0 Å². The molecule has 0 amide bonds. The van der Waals surface area contributed by atoms with Crippen LogP contribution in [0.25, 0.3) is 0 Å². The molecule has 0 bridgehead atoms. The standard InChI is InChI=1S/C9H11N/c1-2-4-8-6-7-10-9(8)5-3-1/h2-10H,1H2. The summed E-state index contributed by atoms with van der Waals surface area (Å²) < 4.78 is 0. The Balaban J connectivity index is 2.22. The summed E-state index contributed by atoms with van der Waals surface area (Å²) in [5, 5.41) is 3.28. The Bertz CT molecular complexity index is 201. The van der Waals surface area contributed by atoms with Crippen LogP contribution in [-0.4, -0.2) is 6.04 Å². The molecule has 1 aliphatic heterocycles. The lowest BCUT2D eigenvalue weighted by Crippen LogP contribution is -2.22. The zero-order valence-corrected chi connectivity index (χ0v) is 5.83. The molecule has 1 N–H and O–H groups in total. The van der Waals surface area contributed by atoms with Gasteiger partial charge in [0.05, 0.1) is 6.04 Å². The normalized spacial score (nSPS) is 35.2. The van der Waals surface area contributed by atoms with E-state index in [9.17, 15) is 0 Å². The van der Waals surface area contributed by atoms with Crippen LogP contribution in [-0.2, 0) is 0 Å². The molecule has 0 saturated heterocycles. The average Bonchev–Trinajstić information content (AvgIpc) is 2.28. The van der Waals surface area contributed by atoms with Gasteiger partial charge in [0, 0.05) is 5.92 Å². The summed E-state index contributed by atoms with van der Waals surface area (Å²) in [5.41, 5.74) is 0. The van der Waals surface area contributed by atoms with E-state index in [4.69, 9.17) is 0 Å². The Morgan fingerprint density at radius 2 is 2.00 bits per heavy atom. The minimum Gasteiger partial charge on any atom is -0.384 e. The van der Waals surface area contributed by atoms with E-state index < -0.39 is 0 Å². The van der Waals surface area contributed by atoms with Crippen LogP contribution in [0.1, 0.15) is 6.42 Å². The van der Waals surface area contributed by atoms with Crippen LogP contribution in [0, 0.1) is 5.92 Å². The van der Waals surface area contributed by atoms with Crippen molar-refractivity contribution in [1.82, 2.24) is 5.32 Å². The summed E-state index contributed by atoms with van der Waals surface area (Å²) in [4.78, 5) is 0. The number of hydrogen-bond donors (Lipinski definition) is 1. The molecule has 0 fully saturated rings. The minimum atomic E-state index is 0.527. The van der Waals surface area contributed by atoms with Crippen LogP contribution in [0.3, 0.4) is 0 Å². The van der Waals surface area contributed by atoms with E-state index in [0.29, 0.717) is 12.0 Å². The maximum Gasteiger partial charge on any atom is 0.0536 e. The molecule has 2 unspecified atom stereocenters. The van der Waals surface area contributed by atoms with Crippen molar-refractivity contribution in [3.63, 3.8) is 0 Å². The molecule has 1 heterocycles. The van der Waals surface area contributed by atoms with Gasteiger partial charge in [0.15, 0.2) is 0 Å². The van der Waals surface area contributed by atoms with Crippen molar-refractivity contribution in [3.8, 4) is 0 Å². The Kier molecular flexibility index (Phi) is 1.35. The van der Waals surface area contributed by atoms with E-state index in [2.05, 4.69) is 35.7 Å². The fourth-order valence-electron chi connectivity index (χ4n) is 1.42. The maximum atomic E-state index is 3.28. The highest BCUT2D eigenvalue weighted by molar-refractivity contribution is 5.20. The molecular formula is C9H11N. The molecule has 0 radical (unpaired) electrons. The average molecular weight is 133 g/mol. The van der Waals surface area contributed by atoms with Crippen LogP contribution >= 0.6 is 0 Å². The number of nitrogens with one attached hydrogen (secondary N) is 1. The number of hydrogen-bond acceptors (Lipinski definition) is 1. The van der Waals surface area contributed by atoms with E-state index in [1.165, 1.54) is 0 Å². The first-order chi connectivity index (χ1) is 4.97. The molecule has 2 aliphatic rings. The zero-order chi connectivity index (χ0) is 6.81. The van der Waals surface area contributed by atoms with Gasteiger partial charge in [-0.3, -0.25) is 0 Å². The highest BCUT2D eigenvalue weighted by atomic mass is 14.9. The number of fused-ring (bicyclic) bond motifs is 1. The first kappa shape index (κ1) is 5.78. The third-order valence-electron chi connectivity index (χ3n) is 2.00. The molecule has 0 aromatic rings. The molecule has 0 spiro atoms. The minimum absolute atomic E-state index is 0.527. The molecule has 2 atom stereocenters. The molecule has 0 aromatic carbocycles. The topological polar surface area (TPSA) is 12.0 Å². The van der Waals surface area contributed by atoms with Gasteiger partial charge in [-0.15, -0.1) is 0 Å². The smallest absolute Gasteiger partial charge is 0.0536 e. The number of allylic oxidation sites excluding steroid dienone is 2. The van der Waals surface area contributed by atoms with Gasteiger partial charge < -0.3 is 5.32 Å². The summed E-state index contributed by atoms with van der Waals surface area (Å²) >= 11 is 0. The van der Waals surface area contributed by atoms with Gasteiger partial charge in [0.2, 0.25) is 0 Å². The van der Waals surface area contributed by atoms with Crippen LogP contribution in [0.2, 0.25) is 0 Å². The van der Waals surface area contributed by atoms with Gasteiger partial charge in [-0.2, -0.15) is 0 Å². The van der Waals surface area contributed by atoms with Crippen molar-refractivity contribution >= 4 is 0 Å². The van der Waals surface area contributed by atoms with Gasteiger partial charge in [-0.05, 0) is 12.6 Å². The van der Waals surface area contributed by atoms with E-state index in [1.54, 1.807) is 0 Å². The van der Waals surface area contributed by atoms with Crippen molar-refractivity contribution in [2.45, 2.75) is 12.5 Å². The van der Waals surface area contributed by atoms with Gasteiger partial charge in [-0.1, -0.05) is 30.4 Å². The Morgan fingerprint density at radius 1 is 1.10 bits per heavy atom. The molecule has 0 aromatic heterocycles. The van der Waals surface area contributed by atoms with Gasteiger partial charge >= 0.3 is 0 Å². The molecule has 2 rings (SSSR count). The highest BCUT2D eigenvalue weighted by Gasteiger charge is 2.17. The van der Waals surface area contributed by atoms with Crippen LogP contribution < -0.4 is 5.32 Å². The highest BCUT2D eigenvalue weighted by Crippen LogP contribution is 2.17. The largest absolute Gasteiger partial charge is 0.384 e. The quantitative estimate of drug-likeness (QED) is 0.495. The second-order valence-electron chi connectivity index (χ2n) is 2.72. The maximum absolute atomic E-state index is 3.28. The molecule has 1 nitrogen and oxygen atoms in total. The zero-order valence-electron chi connectivity index (χ0n) is 5.83. The van der Waals surface area contributed by atoms with Crippen molar-refractivity contribution in [3.05, 3.63) is 36.6 Å². The molecular weight excluding hydrogens is 122 g/mol. The predicted molar refractivity (Wildman–Crippen MR) is 42.5 cm³/mol. The first-order valence-corrected chi connectivity index (χ1v) is 3.73. The molecule has 10 heavy (non-hydrogen) atoms. The molecule has 0 saturated carbocycles. The van der Waals surface area contributed by atoms with Crippen LogP contribution in [0.5, 0.6) is 0 Å². The predicted octanol–water partition coefficient (Wildman–Crippen LogP) is 1.60. The van der Waals surface area contributed by atoms with Crippen molar-refractivity contribution < 1.29 is 0 Å². The second kappa shape index (κ2) is 2.33. The first-order valence-electron chi connectivity index (χ1n) is 3.73. The van der Waals surface area contributed by atoms with Gasteiger partial charge in [0.1, 0.15) is 0 Å². The van der Waals surface area contributed by atoms with E-state index >= 15 is 0 Å². The summed E-state index contributed by atoms with van der Waals surface area (Å²) in [6.45, 7) is 0. The lowest BCUT2D eigenvalue weighted by atomic mass is 10.0. The fraction of sp³-hybridized carbons (Fsp3) is 0.333. The Labute approximate surface area is 61.1 Å². The second-order valence-corrected chi connectivity index (χ2v) is 2.72. The summed E-state index contributed by atoms with van der Waals surface area (Å²) in [6, 6.07) is 0.527. The lowest BCUT2D eigenvalue weighted by Gasteiger charge is -2.09. The fourth-order valence-corrected chi connectivity index (χ4v) is 1.42. The Hall–Kier alpha value is -0.980. The monoisotopic (exact) mass is 133 g/mol. The summed E-state index contributed by atoms with van der Waals surface area (Å²) in [7, 11) is 0. The molecule has 52 valence electrons. The Morgan fingerprint density at radius 3 is 3.00 bits per heavy atom. The van der Waals surface area contributed by atoms with Crippen molar-refractivity contribution in [2.75, 3.05) is 0 Å². The third-order valence-corrected chi connectivity index (χ3v) is 2.00. The van der Waals surface area contributed by atoms with Crippen molar-refractivity contribution in [2.24, 2.45) is 5.92 Å². The SMILES string of the molecule is C1=CC2C=CNC2C=CC1. The lowest BCUT2D eigenvalue weighted by molar-refractivity contribution is 0.658.